The fourth-order valence-electron chi connectivity index (χ4n) is 2.04. The number of hydrogen-bond donors (Lipinski definition) is 1. The number of aromatic nitrogens is 1. The Morgan fingerprint density at radius 2 is 2.08 bits per heavy atom. The normalized spacial score (nSPS) is 12.6. The number of aryl methyl sites for hydroxylation is 2. The molecule has 0 radical (unpaired) electrons. The summed E-state index contributed by atoms with van der Waals surface area (Å²) in [6.45, 7) is 8.83. The first-order valence-corrected chi connectivity index (χ1v) is 10.0. The zero-order valence-electron chi connectivity index (χ0n) is 13.9. The molecule has 0 saturated carbocycles. The van der Waals surface area contributed by atoms with Crippen molar-refractivity contribution in [3.63, 3.8) is 0 Å². The van der Waals surface area contributed by atoms with Crippen LogP contribution in [0.25, 0.3) is 11.3 Å². The standard InChI is InChI=1S/C17H20N2O3S2/c1-5-8-24(21,22)13(4)16(20)19-17-18-15(10-23-17)14-7-6-11(2)12(3)9-14/h5-7,9-10,13H,1,8H2,2-4H3,(H,18,19,20). The van der Waals surface area contributed by atoms with E-state index in [4.69, 9.17) is 0 Å². The van der Waals surface area contributed by atoms with E-state index < -0.39 is 21.0 Å². The number of rotatable bonds is 6. The maximum atomic E-state index is 12.1. The zero-order chi connectivity index (χ0) is 17.9. The molecule has 1 aromatic heterocycles. The highest BCUT2D eigenvalue weighted by atomic mass is 32.2. The molecule has 1 heterocycles. The van der Waals surface area contributed by atoms with Crippen molar-refractivity contribution in [3.8, 4) is 11.3 Å². The van der Waals surface area contributed by atoms with Crippen LogP contribution in [0.5, 0.6) is 0 Å². The van der Waals surface area contributed by atoms with E-state index in [0.717, 1.165) is 16.8 Å². The van der Waals surface area contributed by atoms with Gasteiger partial charge in [0.25, 0.3) is 0 Å². The first-order valence-electron chi connectivity index (χ1n) is 7.41. The molecule has 0 aliphatic rings. The van der Waals surface area contributed by atoms with Crippen LogP contribution in [0.15, 0.2) is 36.2 Å². The average Bonchev–Trinajstić information content (AvgIpc) is 2.97. The van der Waals surface area contributed by atoms with Crippen LogP contribution < -0.4 is 5.32 Å². The molecular weight excluding hydrogens is 344 g/mol. The predicted octanol–water partition coefficient (Wildman–Crippen LogP) is 3.35. The monoisotopic (exact) mass is 364 g/mol. The molecule has 1 aromatic carbocycles. The third-order valence-corrected chi connectivity index (χ3v) is 6.54. The number of benzene rings is 1. The Balaban J connectivity index is 2.15. The number of carbonyl (C=O) groups is 1. The Hall–Kier alpha value is -1.99. The van der Waals surface area contributed by atoms with Gasteiger partial charge < -0.3 is 5.32 Å². The van der Waals surface area contributed by atoms with E-state index in [0.29, 0.717) is 5.13 Å². The number of hydrogen-bond acceptors (Lipinski definition) is 5. The van der Waals surface area contributed by atoms with Gasteiger partial charge in [-0.2, -0.15) is 0 Å². The largest absolute Gasteiger partial charge is 0.301 e. The highest BCUT2D eigenvalue weighted by Crippen LogP contribution is 2.26. The van der Waals surface area contributed by atoms with Crippen molar-refractivity contribution in [1.29, 1.82) is 0 Å². The minimum Gasteiger partial charge on any atom is -0.301 e. The molecule has 5 nitrogen and oxygen atoms in total. The van der Waals surface area contributed by atoms with Gasteiger partial charge in [-0.3, -0.25) is 4.79 Å². The number of nitrogens with one attached hydrogen (secondary N) is 1. The van der Waals surface area contributed by atoms with Gasteiger partial charge in [0, 0.05) is 10.9 Å². The summed E-state index contributed by atoms with van der Waals surface area (Å²) >= 11 is 1.27. The molecule has 0 saturated heterocycles. The SMILES string of the molecule is C=CCS(=O)(=O)C(C)C(=O)Nc1nc(-c2ccc(C)c(C)c2)cs1. The van der Waals surface area contributed by atoms with Crippen LogP contribution in [0.4, 0.5) is 5.13 Å². The Morgan fingerprint density at radius 1 is 1.38 bits per heavy atom. The quantitative estimate of drug-likeness (QED) is 0.798. The van der Waals surface area contributed by atoms with Crippen LogP contribution in [0.1, 0.15) is 18.1 Å². The van der Waals surface area contributed by atoms with Gasteiger partial charge in [-0.05, 0) is 38.0 Å². The second-order valence-electron chi connectivity index (χ2n) is 5.59. The summed E-state index contributed by atoms with van der Waals surface area (Å²) in [5.74, 6) is -0.814. The summed E-state index contributed by atoms with van der Waals surface area (Å²) in [6, 6.07) is 6.03. The third kappa shape index (κ3) is 4.10. The molecular formula is C17H20N2O3S2. The lowest BCUT2D eigenvalue weighted by Crippen LogP contribution is -2.33. The summed E-state index contributed by atoms with van der Waals surface area (Å²) in [7, 11) is -3.54. The molecule has 0 bridgehead atoms. The molecule has 0 aliphatic carbocycles. The summed E-state index contributed by atoms with van der Waals surface area (Å²) in [5.41, 5.74) is 4.07. The molecule has 0 aliphatic heterocycles. The van der Waals surface area contributed by atoms with Crippen LogP contribution in [0.2, 0.25) is 0 Å². The average molecular weight is 364 g/mol. The van der Waals surface area contributed by atoms with Crippen molar-refractivity contribution >= 4 is 32.2 Å². The van der Waals surface area contributed by atoms with Crippen LogP contribution >= 0.6 is 11.3 Å². The minimum atomic E-state index is -3.54. The van der Waals surface area contributed by atoms with Gasteiger partial charge in [0.1, 0.15) is 5.25 Å². The van der Waals surface area contributed by atoms with E-state index in [1.54, 1.807) is 0 Å². The fraction of sp³-hybridized carbons (Fsp3) is 0.294. The Labute approximate surface area is 146 Å². The lowest BCUT2D eigenvalue weighted by atomic mass is 10.1. The van der Waals surface area contributed by atoms with Gasteiger partial charge >= 0.3 is 0 Å². The van der Waals surface area contributed by atoms with Crippen molar-refractivity contribution in [2.75, 3.05) is 11.1 Å². The van der Waals surface area contributed by atoms with Crippen LogP contribution in [0.3, 0.4) is 0 Å². The Bertz CT molecular complexity index is 870. The fourth-order valence-corrected chi connectivity index (χ4v) is 3.77. The first kappa shape index (κ1) is 18.4. The number of sulfone groups is 1. The Kier molecular flexibility index (Phi) is 5.56. The van der Waals surface area contributed by atoms with Crippen molar-refractivity contribution in [3.05, 3.63) is 47.4 Å². The summed E-state index contributed by atoms with van der Waals surface area (Å²) < 4.78 is 23.8. The van der Waals surface area contributed by atoms with Gasteiger partial charge in [0.2, 0.25) is 5.91 Å². The van der Waals surface area contributed by atoms with Crippen LogP contribution in [-0.4, -0.2) is 30.3 Å². The topological polar surface area (TPSA) is 76.1 Å². The molecule has 2 rings (SSSR count). The molecule has 1 N–H and O–H groups in total. The summed E-state index contributed by atoms with van der Waals surface area (Å²) in [6.07, 6.45) is 1.28. The first-order chi connectivity index (χ1) is 11.2. The summed E-state index contributed by atoms with van der Waals surface area (Å²) in [4.78, 5) is 16.5. The molecule has 0 fully saturated rings. The lowest BCUT2D eigenvalue weighted by molar-refractivity contribution is -0.115. The van der Waals surface area contributed by atoms with Crippen molar-refractivity contribution < 1.29 is 13.2 Å². The van der Waals surface area contributed by atoms with E-state index in [1.807, 2.05) is 37.4 Å². The van der Waals surface area contributed by atoms with Crippen molar-refractivity contribution in [1.82, 2.24) is 4.98 Å². The molecule has 1 amide bonds. The van der Waals surface area contributed by atoms with E-state index in [9.17, 15) is 13.2 Å². The summed E-state index contributed by atoms with van der Waals surface area (Å²) in [5, 5.41) is 3.65. The highest BCUT2D eigenvalue weighted by molar-refractivity contribution is 7.92. The van der Waals surface area contributed by atoms with Crippen molar-refractivity contribution in [2.24, 2.45) is 0 Å². The molecule has 128 valence electrons. The molecule has 7 heteroatoms. The van der Waals surface area contributed by atoms with Gasteiger partial charge in [0.05, 0.1) is 11.4 Å². The maximum absolute atomic E-state index is 12.1. The van der Waals surface area contributed by atoms with Crippen LogP contribution in [0, 0.1) is 13.8 Å². The second-order valence-corrected chi connectivity index (χ2v) is 8.81. The maximum Gasteiger partial charge on any atom is 0.244 e. The van der Waals surface area contributed by atoms with E-state index in [1.165, 1.54) is 29.9 Å². The van der Waals surface area contributed by atoms with Gasteiger partial charge in [-0.25, -0.2) is 13.4 Å². The van der Waals surface area contributed by atoms with Crippen molar-refractivity contribution in [2.45, 2.75) is 26.0 Å². The third-order valence-electron chi connectivity index (χ3n) is 3.80. The molecule has 1 unspecified atom stereocenters. The minimum absolute atomic E-state index is 0.229. The molecule has 24 heavy (non-hydrogen) atoms. The number of thiazole rings is 1. The second kappa shape index (κ2) is 7.27. The molecule has 2 aromatic rings. The zero-order valence-corrected chi connectivity index (χ0v) is 15.5. The number of amides is 1. The van der Waals surface area contributed by atoms with E-state index in [-0.39, 0.29) is 5.75 Å². The van der Waals surface area contributed by atoms with Gasteiger partial charge in [0.15, 0.2) is 15.0 Å². The predicted molar refractivity (Wildman–Crippen MR) is 99.1 cm³/mol. The smallest absolute Gasteiger partial charge is 0.244 e. The lowest BCUT2D eigenvalue weighted by Gasteiger charge is -2.10. The van der Waals surface area contributed by atoms with Crippen LogP contribution in [-0.2, 0) is 14.6 Å². The highest BCUT2D eigenvalue weighted by Gasteiger charge is 2.27. The molecule has 1 atom stereocenters. The van der Waals surface area contributed by atoms with E-state index in [2.05, 4.69) is 16.9 Å². The van der Waals surface area contributed by atoms with E-state index >= 15 is 0 Å². The number of carbonyl (C=O) groups excluding carboxylic acids is 1. The van der Waals surface area contributed by atoms with Gasteiger partial charge in [-0.15, -0.1) is 17.9 Å². The van der Waals surface area contributed by atoms with Gasteiger partial charge in [-0.1, -0.05) is 18.2 Å². The number of anilines is 1. The number of nitrogens with zero attached hydrogens (tertiary/aromatic N) is 1. The molecule has 0 spiro atoms. The Morgan fingerprint density at radius 3 is 2.71 bits per heavy atom.